The maximum absolute atomic E-state index is 12.7. The van der Waals surface area contributed by atoms with Crippen LogP contribution in [0.5, 0.6) is 0 Å². The van der Waals surface area contributed by atoms with Gasteiger partial charge in [0.25, 0.3) is 0 Å². The van der Waals surface area contributed by atoms with E-state index in [1.54, 1.807) is 0 Å². The normalized spacial score (nSPS) is 19.8. The number of nitrogens with zero attached hydrogens (tertiary/aromatic N) is 1. The molecule has 0 aliphatic carbocycles. The third kappa shape index (κ3) is 3.00. The highest BCUT2D eigenvalue weighted by molar-refractivity contribution is 7.80. The molecule has 0 bridgehead atoms. The number of benzene rings is 1. The van der Waals surface area contributed by atoms with Gasteiger partial charge in [-0.3, -0.25) is 0 Å². The van der Waals surface area contributed by atoms with Crippen LogP contribution >= 0.6 is 12.2 Å². The minimum absolute atomic E-state index is 0.000605. The van der Waals surface area contributed by atoms with Crippen LogP contribution in [-0.2, 0) is 6.18 Å². The molecule has 0 radical (unpaired) electrons. The smallest absolute Gasteiger partial charge is 0.389 e. The number of anilines is 1. The van der Waals surface area contributed by atoms with Crippen molar-refractivity contribution in [2.75, 3.05) is 18.0 Å². The number of hydrogen-bond acceptors (Lipinski definition) is 2. The molecule has 0 saturated carbocycles. The highest BCUT2D eigenvalue weighted by Gasteiger charge is 2.32. The maximum atomic E-state index is 12.7. The summed E-state index contributed by atoms with van der Waals surface area (Å²) in [5.74, 6) is 0.529. The van der Waals surface area contributed by atoms with Crippen LogP contribution in [0.15, 0.2) is 18.2 Å². The predicted molar refractivity (Wildman–Crippen MR) is 73.3 cm³/mol. The molecule has 1 saturated heterocycles. The van der Waals surface area contributed by atoms with Crippen LogP contribution in [0.25, 0.3) is 0 Å². The van der Waals surface area contributed by atoms with Gasteiger partial charge in [0.1, 0.15) is 4.99 Å². The van der Waals surface area contributed by atoms with Crippen molar-refractivity contribution in [3.05, 3.63) is 29.3 Å². The van der Waals surface area contributed by atoms with Crippen LogP contribution in [0.2, 0.25) is 0 Å². The molecule has 1 aromatic carbocycles. The molecule has 1 aliphatic rings. The van der Waals surface area contributed by atoms with Crippen molar-refractivity contribution in [2.45, 2.75) is 19.5 Å². The fourth-order valence-corrected chi connectivity index (χ4v) is 2.50. The summed E-state index contributed by atoms with van der Waals surface area (Å²) in [5, 5.41) is 0. The monoisotopic (exact) mass is 288 g/mol. The van der Waals surface area contributed by atoms with Gasteiger partial charge in [-0.1, -0.05) is 19.1 Å². The van der Waals surface area contributed by atoms with E-state index >= 15 is 0 Å². The van der Waals surface area contributed by atoms with Gasteiger partial charge >= 0.3 is 6.18 Å². The van der Waals surface area contributed by atoms with Gasteiger partial charge in [0.2, 0.25) is 0 Å². The van der Waals surface area contributed by atoms with Crippen LogP contribution in [0.3, 0.4) is 0 Å². The fraction of sp³-hybridized carbons (Fsp3) is 0.462. The third-order valence-corrected chi connectivity index (χ3v) is 3.57. The summed E-state index contributed by atoms with van der Waals surface area (Å²) in [6.07, 6.45) is -3.35. The summed E-state index contributed by atoms with van der Waals surface area (Å²) in [6.45, 7) is 3.76. The molecule has 1 aromatic rings. The Morgan fingerprint density at radius 3 is 2.58 bits per heavy atom. The molecule has 2 rings (SSSR count). The maximum Gasteiger partial charge on any atom is 0.416 e. The lowest BCUT2D eigenvalue weighted by Crippen LogP contribution is -2.24. The van der Waals surface area contributed by atoms with Crippen molar-refractivity contribution in [3.8, 4) is 0 Å². The lowest BCUT2D eigenvalue weighted by atomic mass is 10.1. The lowest BCUT2D eigenvalue weighted by molar-refractivity contribution is -0.137. The molecule has 104 valence electrons. The molecule has 1 atom stereocenters. The number of alkyl halides is 3. The Labute approximate surface area is 115 Å². The summed E-state index contributed by atoms with van der Waals surface area (Å²) in [6, 6.07) is 3.59. The fourth-order valence-electron chi connectivity index (χ4n) is 2.34. The van der Waals surface area contributed by atoms with Crippen molar-refractivity contribution < 1.29 is 13.2 Å². The zero-order valence-corrected chi connectivity index (χ0v) is 11.3. The first-order chi connectivity index (χ1) is 8.79. The molecular weight excluding hydrogens is 273 g/mol. The summed E-state index contributed by atoms with van der Waals surface area (Å²) in [7, 11) is 0. The van der Waals surface area contributed by atoms with Crippen molar-refractivity contribution in [1.82, 2.24) is 0 Å². The second-order valence-corrected chi connectivity index (χ2v) is 5.37. The van der Waals surface area contributed by atoms with Crippen LogP contribution in [0.4, 0.5) is 18.9 Å². The topological polar surface area (TPSA) is 29.3 Å². The SMILES string of the molecule is CC1CCN(c2ccc(C(F)(F)F)cc2C(N)=S)C1. The van der Waals surface area contributed by atoms with Gasteiger partial charge < -0.3 is 10.6 Å². The average Bonchev–Trinajstić information content (AvgIpc) is 2.73. The summed E-state index contributed by atoms with van der Waals surface area (Å²) in [5.41, 5.74) is 5.85. The van der Waals surface area contributed by atoms with Crippen LogP contribution in [0, 0.1) is 5.92 Å². The highest BCUT2D eigenvalue weighted by Crippen LogP contribution is 2.34. The Morgan fingerprint density at radius 2 is 2.11 bits per heavy atom. The summed E-state index contributed by atoms with van der Waals surface area (Å²) < 4.78 is 38.1. The van der Waals surface area contributed by atoms with E-state index in [0.717, 1.165) is 31.6 Å². The highest BCUT2D eigenvalue weighted by atomic mass is 32.1. The zero-order valence-electron chi connectivity index (χ0n) is 10.5. The van der Waals surface area contributed by atoms with E-state index in [0.29, 0.717) is 17.2 Å². The van der Waals surface area contributed by atoms with Crippen LogP contribution in [0.1, 0.15) is 24.5 Å². The first-order valence-electron chi connectivity index (χ1n) is 6.05. The molecule has 0 amide bonds. The van der Waals surface area contributed by atoms with Crippen molar-refractivity contribution in [2.24, 2.45) is 11.7 Å². The number of nitrogens with two attached hydrogens (primary N) is 1. The number of halogens is 3. The molecule has 1 fully saturated rings. The first-order valence-corrected chi connectivity index (χ1v) is 6.46. The Bertz CT molecular complexity index is 499. The molecule has 6 heteroatoms. The Morgan fingerprint density at radius 1 is 1.42 bits per heavy atom. The standard InChI is InChI=1S/C13H15F3N2S/c1-8-4-5-18(7-8)11-3-2-9(13(14,15)16)6-10(11)12(17)19/h2-3,6,8H,4-5,7H2,1H3,(H2,17,19). The quantitative estimate of drug-likeness (QED) is 0.848. The van der Waals surface area contributed by atoms with Gasteiger partial charge in [-0.05, 0) is 30.5 Å². The van der Waals surface area contributed by atoms with Gasteiger partial charge in [-0.15, -0.1) is 0 Å². The molecule has 2 N–H and O–H groups in total. The van der Waals surface area contributed by atoms with E-state index in [2.05, 4.69) is 6.92 Å². The molecule has 1 unspecified atom stereocenters. The minimum Gasteiger partial charge on any atom is -0.389 e. The second-order valence-electron chi connectivity index (χ2n) is 4.93. The Balaban J connectivity index is 2.42. The van der Waals surface area contributed by atoms with Crippen molar-refractivity contribution in [3.63, 3.8) is 0 Å². The van der Waals surface area contributed by atoms with Crippen molar-refractivity contribution in [1.29, 1.82) is 0 Å². The van der Waals surface area contributed by atoms with Gasteiger partial charge in [-0.25, -0.2) is 0 Å². The summed E-state index contributed by atoms with van der Waals surface area (Å²) in [4.78, 5) is 2.04. The van der Waals surface area contributed by atoms with Crippen LogP contribution in [-0.4, -0.2) is 18.1 Å². The van der Waals surface area contributed by atoms with E-state index in [1.165, 1.54) is 6.07 Å². The molecule has 2 nitrogen and oxygen atoms in total. The molecule has 0 aromatic heterocycles. The van der Waals surface area contributed by atoms with Crippen molar-refractivity contribution >= 4 is 22.9 Å². The van der Waals surface area contributed by atoms with Gasteiger partial charge in [0.05, 0.1) is 5.56 Å². The van der Waals surface area contributed by atoms with Crippen LogP contribution < -0.4 is 10.6 Å². The minimum atomic E-state index is -4.38. The average molecular weight is 288 g/mol. The largest absolute Gasteiger partial charge is 0.416 e. The van der Waals surface area contributed by atoms with E-state index in [1.807, 2.05) is 4.90 Å². The van der Waals surface area contributed by atoms with Gasteiger partial charge in [0.15, 0.2) is 0 Å². The first kappa shape index (κ1) is 14.1. The lowest BCUT2D eigenvalue weighted by Gasteiger charge is -2.22. The zero-order chi connectivity index (χ0) is 14.2. The third-order valence-electron chi connectivity index (χ3n) is 3.35. The molecule has 1 heterocycles. The Hall–Kier alpha value is -1.30. The number of thiocarbonyl (C=S) groups is 1. The van der Waals surface area contributed by atoms with E-state index in [-0.39, 0.29) is 4.99 Å². The van der Waals surface area contributed by atoms with E-state index in [9.17, 15) is 13.2 Å². The Kier molecular flexibility index (Phi) is 3.71. The van der Waals surface area contributed by atoms with Gasteiger partial charge in [0, 0.05) is 24.3 Å². The molecular formula is C13H15F3N2S. The predicted octanol–water partition coefficient (Wildman–Crippen LogP) is 3.19. The summed E-state index contributed by atoms with van der Waals surface area (Å²) >= 11 is 4.88. The van der Waals surface area contributed by atoms with E-state index in [4.69, 9.17) is 18.0 Å². The number of hydrogen-bond donors (Lipinski definition) is 1. The number of rotatable bonds is 2. The molecule has 1 aliphatic heterocycles. The van der Waals surface area contributed by atoms with Gasteiger partial charge in [-0.2, -0.15) is 13.2 Å². The second kappa shape index (κ2) is 5.00. The molecule has 19 heavy (non-hydrogen) atoms. The van der Waals surface area contributed by atoms with E-state index < -0.39 is 11.7 Å². The molecule has 0 spiro atoms.